The van der Waals surface area contributed by atoms with Crippen LogP contribution in [0.5, 0.6) is 5.75 Å². The van der Waals surface area contributed by atoms with Crippen molar-refractivity contribution < 1.29 is 14.3 Å². The average Bonchev–Trinajstić information content (AvgIpc) is 3.34. The Kier molecular flexibility index (Phi) is 6.32. The summed E-state index contributed by atoms with van der Waals surface area (Å²) in [5, 5.41) is 12.8. The molecule has 1 N–H and O–H groups in total. The van der Waals surface area contributed by atoms with Gasteiger partial charge in [0, 0.05) is 28.7 Å². The van der Waals surface area contributed by atoms with Crippen molar-refractivity contribution in [3.8, 4) is 17.0 Å². The number of nitrogens with zero attached hydrogens (tertiary/aromatic N) is 3. The summed E-state index contributed by atoms with van der Waals surface area (Å²) in [6.45, 7) is 8.38. The minimum atomic E-state index is -0.451. The molecule has 1 aromatic heterocycles. The molecule has 1 saturated carbocycles. The molecule has 3 aromatic rings. The number of carbonyl (C=O) groups is 1. The molecule has 0 bridgehead atoms. The molecule has 0 spiro atoms. The van der Waals surface area contributed by atoms with Gasteiger partial charge in [-0.3, -0.25) is 5.32 Å². The zero-order valence-electron chi connectivity index (χ0n) is 20.7. The lowest BCUT2D eigenvalue weighted by Gasteiger charge is -2.30. The smallest absolute Gasteiger partial charge is 0.411 e. The Morgan fingerprint density at radius 2 is 1.94 bits per heavy atom. The number of aromatic nitrogens is 1. The first-order chi connectivity index (χ1) is 17.0. The van der Waals surface area contributed by atoms with E-state index in [1.54, 1.807) is 0 Å². The zero-order valence-corrected chi connectivity index (χ0v) is 20.7. The van der Waals surface area contributed by atoms with E-state index in [-0.39, 0.29) is 12.1 Å². The lowest BCUT2D eigenvalue weighted by Crippen LogP contribution is -2.18. The molecule has 182 valence electrons. The third kappa shape index (κ3) is 4.43. The highest BCUT2D eigenvalue weighted by atomic mass is 16.6. The van der Waals surface area contributed by atoms with E-state index >= 15 is 0 Å². The second-order valence-electron chi connectivity index (χ2n) is 9.49. The maximum atomic E-state index is 12.1. The Morgan fingerprint density at radius 3 is 2.54 bits per heavy atom. The molecule has 35 heavy (non-hydrogen) atoms. The van der Waals surface area contributed by atoms with Crippen LogP contribution in [0.1, 0.15) is 64.6 Å². The topological polar surface area (TPSA) is 77.2 Å². The number of hydrogen-bond acceptors (Lipinski definition) is 5. The molecule has 1 aliphatic heterocycles. The molecule has 2 aliphatic rings. The summed E-state index contributed by atoms with van der Waals surface area (Å²) in [4.78, 5) is 12.1. The first-order valence-corrected chi connectivity index (χ1v) is 12.4. The Balaban J connectivity index is 1.65. The summed E-state index contributed by atoms with van der Waals surface area (Å²) in [5.41, 5.74) is 6.41. The van der Waals surface area contributed by atoms with Crippen LogP contribution < -0.4 is 10.1 Å². The number of carbonyl (C=O) groups excluding carboxylic acids is 1. The summed E-state index contributed by atoms with van der Waals surface area (Å²) in [6, 6.07) is 14.6. The number of benzene rings is 2. The van der Waals surface area contributed by atoms with Crippen molar-refractivity contribution in [3.05, 3.63) is 59.8 Å². The van der Waals surface area contributed by atoms with E-state index in [4.69, 9.17) is 9.47 Å². The van der Waals surface area contributed by atoms with Crippen molar-refractivity contribution in [3.63, 3.8) is 0 Å². The predicted octanol–water partition coefficient (Wildman–Crippen LogP) is 7.80. The number of hydrogen-bond donors (Lipinski definition) is 1. The fourth-order valence-corrected chi connectivity index (χ4v) is 4.88. The van der Waals surface area contributed by atoms with Gasteiger partial charge in [0.1, 0.15) is 11.8 Å². The van der Waals surface area contributed by atoms with E-state index in [0.717, 1.165) is 35.4 Å². The van der Waals surface area contributed by atoms with E-state index in [1.165, 1.54) is 22.9 Å². The van der Waals surface area contributed by atoms with Crippen molar-refractivity contribution in [2.24, 2.45) is 10.2 Å². The number of ether oxygens (including phenoxy) is 2. The third-order valence-corrected chi connectivity index (χ3v) is 6.66. The quantitative estimate of drug-likeness (QED) is 0.381. The number of azo groups is 1. The summed E-state index contributed by atoms with van der Waals surface area (Å²) >= 11 is 0. The molecule has 0 radical (unpaired) electrons. The summed E-state index contributed by atoms with van der Waals surface area (Å²) in [7, 11) is 0. The second kappa shape index (κ2) is 9.56. The Morgan fingerprint density at radius 1 is 1.17 bits per heavy atom. The van der Waals surface area contributed by atoms with Crippen LogP contribution in [-0.4, -0.2) is 23.4 Å². The van der Waals surface area contributed by atoms with Crippen LogP contribution in [0.2, 0.25) is 0 Å². The normalized spacial score (nSPS) is 17.5. The van der Waals surface area contributed by atoms with Gasteiger partial charge in [0.2, 0.25) is 0 Å². The lowest BCUT2D eigenvalue weighted by molar-refractivity contribution is 0.130. The number of fused-ring (bicyclic) bond motifs is 1. The largest absolute Gasteiger partial charge is 0.494 e. The van der Waals surface area contributed by atoms with Crippen molar-refractivity contribution in [2.75, 3.05) is 11.9 Å². The second-order valence-corrected chi connectivity index (χ2v) is 9.49. The van der Waals surface area contributed by atoms with Gasteiger partial charge < -0.3 is 14.0 Å². The molecular weight excluding hydrogens is 440 g/mol. The molecule has 7 heteroatoms. The van der Waals surface area contributed by atoms with Crippen molar-refractivity contribution in [2.45, 2.75) is 65.1 Å². The first kappa shape index (κ1) is 23.1. The van der Waals surface area contributed by atoms with Gasteiger partial charge in [-0.15, -0.1) is 0 Å². The van der Waals surface area contributed by atoms with Crippen LogP contribution in [0, 0.1) is 0 Å². The molecule has 1 amide bonds. The minimum Gasteiger partial charge on any atom is -0.494 e. The van der Waals surface area contributed by atoms with Gasteiger partial charge in [0.15, 0.2) is 0 Å². The fraction of sp³-hybridized carbons (Fsp3) is 0.393. The van der Waals surface area contributed by atoms with Crippen LogP contribution >= 0.6 is 0 Å². The first-order valence-electron chi connectivity index (χ1n) is 12.4. The van der Waals surface area contributed by atoms with E-state index in [1.807, 2.05) is 45.2 Å². The number of nitrogens with one attached hydrogen (secondary N) is 1. The highest BCUT2D eigenvalue weighted by Crippen LogP contribution is 2.48. The lowest BCUT2D eigenvalue weighted by atomic mass is 9.91. The fourth-order valence-electron chi connectivity index (χ4n) is 4.88. The minimum absolute atomic E-state index is 0.120. The van der Waals surface area contributed by atoms with Crippen LogP contribution in [0.25, 0.3) is 22.2 Å². The van der Waals surface area contributed by atoms with E-state index < -0.39 is 6.09 Å². The molecule has 2 aromatic carbocycles. The Hall–Kier alpha value is -3.61. The Labute approximate surface area is 205 Å². The van der Waals surface area contributed by atoms with Crippen LogP contribution in [0.15, 0.2) is 64.5 Å². The highest BCUT2D eigenvalue weighted by Gasteiger charge is 2.32. The monoisotopic (exact) mass is 472 g/mol. The van der Waals surface area contributed by atoms with Gasteiger partial charge >= 0.3 is 6.09 Å². The molecular formula is C28H32N4O3. The average molecular weight is 473 g/mol. The van der Waals surface area contributed by atoms with Crippen molar-refractivity contribution >= 4 is 22.7 Å². The molecule has 1 unspecified atom stereocenters. The molecule has 1 atom stereocenters. The zero-order chi connectivity index (χ0) is 24.5. The van der Waals surface area contributed by atoms with Gasteiger partial charge in [0.25, 0.3) is 0 Å². The van der Waals surface area contributed by atoms with Crippen molar-refractivity contribution in [1.82, 2.24) is 4.57 Å². The van der Waals surface area contributed by atoms with E-state index in [9.17, 15) is 4.79 Å². The molecule has 1 aliphatic carbocycles. The van der Waals surface area contributed by atoms with Crippen LogP contribution in [-0.2, 0) is 4.74 Å². The van der Waals surface area contributed by atoms with Gasteiger partial charge in [0.05, 0.1) is 30.1 Å². The van der Waals surface area contributed by atoms with Crippen LogP contribution in [0.3, 0.4) is 0 Å². The highest BCUT2D eigenvalue weighted by molar-refractivity contribution is 5.94. The molecule has 2 heterocycles. The number of amides is 1. The van der Waals surface area contributed by atoms with Gasteiger partial charge in [-0.1, -0.05) is 12.1 Å². The molecule has 7 nitrogen and oxygen atoms in total. The summed E-state index contributed by atoms with van der Waals surface area (Å²) in [6.07, 6.45) is 4.75. The van der Waals surface area contributed by atoms with E-state index in [0.29, 0.717) is 18.3 Å². The third-order valence-electron chi connectivity index (χ3n) is 6.66. The maximum absolute atomic E-state index is 12.1. The van der Waals surface area contributed by atoms with Gasteiger partial charge in [-0.05, 0) is 82.4 Å². The maximum Gasteiger partial charge on any atom is 0.411 e. The number of anilines is 1. The molecule has 1 fully saturated rings. The number of rotatable bonds is 7. The Bertz CT molecular complexity index is 1300. The molecule has 5 rings (SSSR count). The summed E-state index contributed by atoms with van der Waals surface area (Å²) < 4.78 is 13.6. The van der Waals surface area contributed by atoms with Crippen molar-refractivity contribution in [1.29, 1.82) is 0 Å². The predicted molar refractivity (Wildman–Crippen MR) is 138 cm³/mol. The van der Waals surface area contributed by atoms with E-state index in [2.05, 4.69) is 51.3 Å². The van der Waals surface area contributed by atoms with Crippen LogP contribution in [0.4, 0.5) is 10.5 Å². The van der Waals surface area contributed by atoms with Gasteiger partial charge in [-0.25, -0.2) is 4.79 Å². The SMILES string of the molecule is CCOc1ccc2c(C3N=NC=C3C)c(-c3ccc(NC(=O)OC(C)C)cc3)n(C3CCC3)c2c1. The summed E-state index contributed by atoms with van der Waals surface area (Å²) in [5.74, 6) is 0.875. The van der Waals surface area contributed by atoms with Gasteiger partial charge in [-0.2, -0.15) is 10.2 Å². The molecule has 0 saturated heterocycles. The standard InChI is InChI=1S/C28H32N4O3/c1-5-34-22-13-14-23-24(15-22)32(21-7-6-8-21)27(25(23)26-18(4)16-29-31-26)19-9-11-20(12-10-19)30-28(33)35-17(2)3/h9-17,21,26H,5-8H2,1-4H3,(H,30,33).